The molecule has 11 N–H and O–H groups in total. The fourth-order valence-corrected chi connectivity index (χ4v) is 26.2. The average Bonchev–Trinajstić information content (AvgIpc) is 1.11. The van der Waals surface area contributed by atoms with Crippen LogP contribution in [0.4, 0.5) is 29.1 Å². The van der Waals surface area contributed by atoms with Gasteiger partial charge >= 0.3 is 66.8 Å². The highest BCUT2D eigenvalue weighted by atomic mass is 31.2. The number of nitrogens with two attached hydrogens (primary N) is 5. The third-order valence-electron chi connectivity index (χ3n) is 22.8. The predicted molar refractivity (Wildman–Crippen MR) is 480 cm³/mol. The molecule has 0 bridgehead atoms. The van der Waals surface area contributed by atoms with Gasteiger partial charge in [-0.25, -0.2) is 90.3 Å². The summed E-state index contributed by atoms with van der Waals surface area (Å²) in [6.07, 6.45) is -4.37. The van der Waals surface area contributed by atoms with Crippen LogP contribution in [0.1, 0.15) is 48.5 Å². The summed E-state index contributed by atoms with van der Waals surface area (Å²) in [5.41, 5.74) is 26.4. The van der Waals surface area contributed by atoms with Gasteiger partial charge in [-0.2, -0.15) is 19.9 Å². The molecule has 0 radical (unpaired) electrons. The van der Waals surface area contributed by atoms with Crippen molar-refractivity contribution in [3.8, 4) is 0 Å². The van der Waals surface area contributed by atoms with Crippen LogP contribution in [0.3, 0.4) is 0 Å². The van der Waals surface area contributed by atoms with Gasteiger partial charge in [0.2, 0.25) is 0 Å². The van der Waals surface area contributed by atoms with E-state index in [9.17, 15) is 33.3 Å². The number of H-pyrrole nitrogens is 1. The Kier molecular flexibility index (Phi) is 31.7. The first-order valence-electron chi connectivity index (χ1n) is 41.6. The summed E-state index contributed by atoms with van der Waals surface area (Å²) in [6, 6.07) is 4.11. The zero-order valence-corrected chi connectivity index (χ0v) is 81.3. The zero-order chi connectivity index (χ0) is 95.9. The Morgan fingerprint density at radius 1 is 0.379 bits per heavy atom. The summed E-state index contributed by atoms with van der Waals surface area (Å²) in [5, 5.41) is 0. The third kappa shape index (κ3) is 22.2. The molecule has 730 valence electrons. The molecular formula is C71H117N31O24P6. The summed E-state index contributed by atoms with van der Waals surface area (Å²) in [6.45, 7) is -0.435. The maximum absolute atomic E-state index is 16.5. The number of aromatic amines is 1. The lowest BCUT2D eigenvalue weighted by molar-refractivity contribution is -0.135. The highest BCUT2D eigenvalue weighted by Crippen LogP contribution is 2.61. The smallest absolute Gasteiger partial charge is 0.351 e. The van der Waals surface area contributed by atoms with Gasteiger partial charge in [-0.15, -0.1) is 0 Å². The van der Waals surface area contributed by atoms with Crippen molar-refractivity contribution in [1.82, 2.24) is 124 Å². The number of hydrogen-bond donors (Lipinski definition) is 6. The van der Waals surface area contributed by atoms with E-state index >= 15 is 22.8 Å². The van der Waals surface area contributed by atoms with E-state index in [1.807, 2.05) is 11.9 Å². The second-order valence-electron chi connectivity index (χ2n) is 33.7. The van der Waals surface area contributed by atoms with Crippen molar-refractivity contribution >= 4 is 86.1 Å². The lowest BCUT2D eigenvalue weighted by atomic mass is 10.2. The maximum atomic E-state index is 16.5. The van der Waals surface area contributed by atoms with Crippen LogP contribution in [0.2, 0.25) is 0 Å². The Hall–Kier alpha value is -7.83. The molecule has 0 amide bonds. The van der Waals surface area contributed by atoms with Crippen LogP contribution in [0.25, 0.3) is 11.2 Å². The molecule has 13 heterocycles. The van der Waals surface area contributed by atoms with Gasteiger partial charge in [-0.3, -0.25) is 69.5 Å². The van der Waals surface area contributed by atoms with Gasteiger partial charge in [0.05, 0.1) is 115 Å². The Labute approximate surface area is 758 Å². The number of likely N-dealkylation sites (N-methyl/N-ethyl adjacent to an activating group) is 1. The van der Waals surface area contributed by atoms with Crippen LogP contribution in [-0.4, -0.2) is 377 Å². The summed E-state index contributed by atoms with van der Waals surface area (Å²) in [7, 11) is -5.37. The number of anilines is 5. The van der Waals surface area contributed by atoms with Crippen LogP contribution in [0, 0.1) is 13.8 Å². The average molecular weight is 1970 g/mol. The number of morpholine rings is 6. The molecular weight excluding hydrogens is 1860 g/mol. The van der Waals surface area contributed by atoms with Crippen LogP contribution in [0.5, 0.6) is 0 Å². The summed E-state index contributed by atoms with van der Waals surface area (Å²) in [4.78, 5) is 114. The SMILES string of the molecule is Cc1cn([C@H]2CN(C)C[C@@H](COP(=O)(N(C)C)N3C[C@@H](COP(=O)(N(C)C)N4C[C@@H](COP(=O)(N(C)C)N5C[C@@H](COP(=O)(N(C)C)N6C[C@@H](COP(=O)(N(C)C)N7C[C@@H](COP(C)(=O)N(C)C)O[C@@H](n8ccc(N)nc8=O)C7)O[C@@H](n7cnc8c(N)ncnc87)C6)O[C@@H](n6cc(C)c(=O)[nH]c6=O)C5)O[C@@H](n5ccc(N)nc5=O)C4)O[C@@H](n4ccc(N)nc4=O)C3)O2)c(=O)nc1N. The van der Waals surface area contributed by atoms with E-state index in [-0.39, 0.29) is 124 Å². The van der Waals surface area contributed by atoms with E-state index in [0.717, 1.165) is 13.7 Å². The molecule has 0 saturated carbocycles. The topological polar surface area (TPSA) is 620 Å². The maximum Gasteiger partial charge on any atom is 0.351 e. The Bertz CT molecular complexity index is 6000. The Balaban J connectivity index is 0.767. The molecule has 7 aromatic rings. The predicted octanol–water partition coefficient (Wildman–Crippen LogP) is -0.409. The molecule has 0 aliphatic carbocycles. The molecule has 13 rings (SSSR count). The van der Waals surface area contributed by atoms with Gasteiger partial charge in [0.25, 0.3) is 13.1 Å². The first-order chi connectivity index (χ1) is 62.1. The number of ether oxygens (including phenoxy) is 6. The monoisotopic (exact) mass is 1970 g/mol. The van der Waals surface area contributed by atoms with Gasteiger partial charge < -0.3 is 84.2 Å². The highest BCUT2D eigenvalue weighted by molar-refractivity contribution is 7.56. The first-order valence-corrected chi connectivity index (χ1v) is 51.3. The lowest BCUT2D eigenvalue weighted by Gasteiger charge is -2.46. The summed E-state index contributed by atoms with van der Waals surface area (Å²) < 4.78 is 196. The fourth-order valence-electron chi connectivity index (χ4n) is 15.6. The first kappa shape index (κ1) is 102. The minimum absolute atomic E-state index is 0.0346. The second-order valence-corrected chi connectivity index (χ2v) is 49.3. The van der Waals surface area contributed by atoms with Crippen molar-refractivity contribution in [3.05, 3.63) is 136 Å². The molecule has 6 saturated heterocycles. The number of nitrogens with one attached hydrogen (secondary N) is 1. The molecule has 18 atom stereocenters. The van der Waals surface area contributed by atoms with E-state index < -0.39 is 187 Å². The Morgan fingerprint density at radius 2 is 0.689 bits per heavy atom. The minimum atomic E-state index is -4.55. The molecule has 55 nitrogen and oxygen atoms in total. The number of nitrogen functional groups attached to an aromatic ring is 5. The van der Waals surface area contributed by atoms with Crippen LogP contribution in [0.15, 0.2) is 90.6 Å². The molecule has 0 aromatic carbocycles. The van der Waals surface area contributed by atoms with E-state index in [2.05, 4.69) is 39.9 Å². The van der Waals surface area contributed by atoms with Crippen molar-refractivity contribution in [1.29, 1.82) is 0 Å². The van der Waals surface area contributed by atoms with Gasteiger partial charge in [0.15, 0.2) is 42.6 Å². The van der Waals surface area contributed by atoms with Gasteiger partial charge in [-0.05, 0) is 124 Å². The fraction of sp³-hybridized carbons (Fsp3) is 0.648. The van der Waals surface area contributed by atoms with Crippen LogP contribution in [-0.2, 0) is 83.0 Å². The van der Waals surface area contributed by atoms with Crippen molar-refractivity contribution < 1.29 is 83.0 Å². The number of rotatable bonds is 35. The quantitative estimate of drug-likeness (QED) is 0.0275. The number of fused-ring (bicyclic) bond motifs is 1. The van der Waals surface area contributed by atoms with Gasteiger partial charge in [0, 0.05) is 94.6 Å². The zero-order valence-electron chi connectivity index (χ0n) is 76.0. The number of aromatic nitrogens is 14. The summed E-state index contributed by atoms with van der Waals surface area (Å²) >= 11 is 0. The van der Waals surface area contributed by atoms with Crippen LogP contribution < -0.4 is 62.7 Å². The molecule has 132 heavy (non-hydrogen) atoms. The summed E-state index contributed by atoms with van der Waals surface area (Å²) in [5.74, 6) is -0.187. The largest absolute Gasteiger partial charge is 0.383 e. The third-order valence-corrected chi connectivity index (χ3v) is 37.6. The number of nitrogens with zero attached hydrogens (tertiary/aromatic N) is 25. The minimum Gasteiger partial charge on any atom is -0.383 e. The normalized spacial score (nSPS) is 26.8. The van der Waals surface area contributed by atoms with Crippen LogP contribution >= 0.6 is 45.9 Å². The standard InChI is InChI=1S/C71H117N31O24P6/c1-45-23-100(70(107)83-63(45)75)56-31-91(15)25-47(121-56)38-116-128(110,86(5)6)93-27-49(123-58(33-93)98-21-18-54(73)81-68(98)105)39-117-130(112,88(9)10)94-28-50(124-59(34-94)99-22-19-55(74)82-69(99)106)40-118-131(113,89(11)12)95-29-51(125-60(35-95)101-24-46(2)66(103)84-71(101)108)41-119-132(114,90(13)14)96-30-52(126-61(36-96)102-44-79-62-64(76)77-43-78-65(62)102)42-120-129(111,87(7)8)92-26-48(37-115-127(16,109)85(3)4)122-57(32-92)97-20-17-53(72)80-67(97)104/h17-24,43-44,47-52,56-61H,25-42H2,1-16H3,(H2,72,80,104)(H2,73,81,105)(H2,74,82,106)(H2,75,83,107)(H2,76,77,78)(H,84,103,108)/t47-,48-,49-,50-,51-,52-,56+,57+,58+,59+,60+,61+,127?,128?,129?,130?,131?,132?/m0/s1. The molecule has 6 aliphatic heterocycles. The molecule has 0 spiro atoms. The van der Waals surface area contributed by atoms with E-state index in [1.165, 1.54) is 205 Å². The van der Waals surface area contributed by atoms with Gasteiger partial charge in [-0.1, -0.05) is 0 Å². The molecule has 6 aliphatic rings. The molecule has 6 fully saturated rings. The van der Waals surface area contributed by atoms with Crippen molar-refractivity contribution in [2.75, 3.05) is 245 Å². The second kappa shape index (κ2) is 41.2. The number of hydrogen-bond acceptors (Lipinski definition) is 37. The van der Waals surface area contributed by atoms with Crippen molar-refractivity contribution in [2.24, 2.45) is 0 Å². The number of aryl methyl sites for hydroxylation is 2. The highest BCUT2D eigenvalue weighted by Gasteiger charge is 2.52. The van der Waals surface area contributed by atoms with E-state index in [4.69, 9.17) is 84.2 Å². The van der Waals surface area contributed by atoms with Gasteiger partial charge in [0.1, 0.15) is 41.3 Å². The van der Waals surface area contributed by atoms with E-state index in [0.29, 0.717) is 12.1 Å². The molecule has 7 aromatic heterocycles. The molecule has 6 unspecified atom stereocenters. The lowest BCUT2D eigenvalue weighted by Crippen LogP contribution is -2.52. The van der Waals surface area contributed by atoms with Crippen molar-refractivity contribution in [2.45, 2.75) is 87.8 Å². The Morgan fingerprint density at radius 3 is 1.03 bits per heavy atom. The molecule has 61 heteroatoms. The number of imidazole rings is 1. The van der Waals surface area contributed by atoms with E-state index in [1.54, 1.807) is 27.2 Å². The van der Waals surface area contributed by atoms with Crippen molar-refractivity contribution in [3.63, 3.8) is 0 Å².